The van der Waals surface area contributed by atoms with Crippen molar-refractivity contribution in [3.8, 4) is 0 Å². The summed E-state index contributed by atoms with van der Waals surface area (Å²) < 4.78 is 0. The lowest BCUT2D eigenvalue weighted by Crippen LogP contribution is -2.30. The molecule has 0 radical (unpaired) electrons. The van der Waals surface area contributed by atoms with Crippen molar-refractivity contribution in [3.05, 3.63) is 75.8 Å². The Morgan fingerprint density at radius 3 is 2.89 bits per heavy atom. The molecule has 4 rings (SSSR count). The second kappa shape index (κ2) is 7.74. The minimum Gasteiger partial charge on any atom is -0.349 e. The highest BCUT2D eigenvalue weighted by atomic mass is 16.1. The van der Waals surface area contributed by atoms with E-state index >= 15 is 0 Å². The topological polar surface area (TPSA) is 74.8 Å². The maximum atomic E-state index is 12.4. The van der Waals surface area contributed by atoms with Gasteiger partial charge in [-0.2, -0.15) is 0 Å². The highest BCUT2D eigenvalue weighted by Crippen LogP contribution is 2.29. The molecule has 1 aliphatic rings. The van der Waals surface area contributed by atoms with Crippen LogP contribution in [0.2, 0.25) is 0 Å². The van der Waals surface area contributed by atoms with Crippen molar-refractivity contribution in [2.75, 3.05) is 0 Å². The van der Waals surface area contributed by atoms with Crippen molar-refractivity contribution in [1.82, 2.24) is 15.3 Å². The van der Waals surface area contributed by atoms with E-state index in [1.54, 1.807) is 6.07 Å². The first kappa shape index (κ1) is 17.5. The van der Waals surface area contributed by atoms with Crippen LogP contribution in [0.3, 0.4) is 0 Å². The van der Waals surface area contributed by atoms with Crippen LogP contribution in [0.5, 0.6) is 0 Å². The van der Waals surface area contributed by atoms with Gasteiger partial charge in [0.2, 0.25) is 5.91 Å². The molecule has 0 fully saturated rings. The van der Waals surface area contributed by atoms with Crippen LogP contribution in [0.4, 0.5) is 0 Å². The van der Waals surface area contributed by atoms with E-state index in [1.165, 1.54) is 11.1 Å². The van der Waals surface area contributed by atoms with Crippen molar-refractivity contribution in [2.45, 2.75) is 44.6 Å². The molecule has 0 saturated carbocycles. The minimum absolute atomic E-state index is 0.0554. The molecule has 27 heavy (non-hydrogen) atoms. The molecule has 0 aliphatic heterocycles. The molecule has 5 nitrogen and oxygen atoms in total. The second-order valence-corrected chi connectivity index (χ2v) is 7.09. The largest absolute Gasteiger partial charge is 0.349 e. The SMILES string of the molecule is O=C(CCCc1nc2ccccc2c(=O)[nH]1)NC1CCCc2ccccc21. The molecule has 1 aromatic heterocycles. The Bertz CT molecular complexity index is 1030. The molecule has 1 unspecified atom stereocenters. The number of aryl methyl sites for hydroxylation is 2. The highest BCUT2D eigenvalue weighted by Gasteiger charge is 2.21. The van der Waals surface area contributed by atoms with Gasteiger partial charge in [0.1, 0.15) is 5.82 Å². The summed E-state index contributed by atoms with van der Waals surface area (Å²) in [4.78, 5) is 31.8. The molecule has 3 aromatic rings. The molecule has 0 bridgehead atoms. The van der Waals surface area contributed by atoms with Gasteiger partial charge in [-0.15, -0.1) is 0 Å². The first-order chi connectivity index (χ1) is 13.2. The smallest absolute Gasteiger partial charge is 0.258 e. The first-order valence-electron chi connectivity index (χ1n) is 9.56. The fourth-order valence-electron chi connectivity index (χ4n) is 3.84. The predicted octanol–water partition coefficient (Wildman–Crippen LogP) is 3.44. The lowest BCUT2D eigenvalue weighted by atomic mass is 9.87. The lowest BCUT2D eigenvalue weighted by Gasteiger charge is -2.26. The fourth-order valence-corrected chi connectivity index (χ4v) is 3.84. The van der Waals surface area contributed by atoms with Crippen molar-refractivity contribution in [2.24, 2.45) is 0 Å². The third-order valence-corrected chi connectivity index (χ3v) is 5.18. The van der Waals surface area contributed by atoms with Crippen molar-refractivity contribution >= 4 is 16.8 Å². The van der Waals surface area contributed by atoms with Gasteiger partial charge in [0, 0.05) is 12.8 Å². The number of carbonyl (C=O) groups is 1. The summed E-state index contributed by atoms with van der Waals surface area (Å²) in [6, 6.07) is 15.8. The van der Waals surface area contributed by atoms with Gasteiger partial charge in [-0.25, -0.2) is 4.98 Å². The number of fused-ring (bicyclic) bond motifs is 2. The van der Waals surface area contributed by atoms with Crippen LogP contribution in [0.15, 0.2) is 53.3 Å². The number of amides is 1. The number of rotatable bonds is 5. The number of hydrogen-bond acceptors (Lipinski definition) is 3. The van der Waals surface area contributed by atoms with Crippen LogP contribution < -0.4 is 10.9 Å². The van der Waals surface area contributed by atoms with Gasteiger partial charge in [-0.3, -0.25) is 9.59 Å². The van der Waals surface area contributed by atoms with Crippen LogP contribution in [0.25, 0.3) is 10.9 Å². The van der Waals surface area contributed by atoms with Gasteiger partial charge in [0.15, 0.2) is 0 Å². The summed E-state index contributed by atoms with van der Waals surface area (Å²) in [6.45, 7) is 0. The summed E-state index contributed by atoms with van der Waals surface area (Å²) in [5.74, 6) is 0.689. The molecule has 2 aromatic carbocycles. The third kappa shape index (κ3) is 3.92. The molecular weight excluding hydrogens is 338 g/mol. The van der Waals surface area contributed by atoms with Crippen molar-refractivity contribution in [1.29, 1.82) is 0 Å². The summed E-state index contributed by atoms with van der Waals surface area (Å²) in [5.41, 5.74) is 3.16. The summed E-state index contributed by atoms with van der Waals surface area (Å²) in [7, 11) is 0. The van der Waals surface area contributed by atoms with E-state index in [0.717, 1.165) is 19.3 Å². The Hall–Kier alpha value is -2.95. The van der Waals surface area contributed by atoms with Gasteiger partial charge >= 0.3 is 0 Å². The number of nitrogens with zero attached hydrogens (tertiary/aromatic N) is 1. The van der Waals surface area contributed by atoms with Crippen LogP contribution in [0.1, 0.15) is 48.7 Å². The zero-order chi connectivity index (χ0) is 18.6. The molecular formula is C22H23N3O2. The second-order valence-electron chi connectivity index (χ2n) is 7.09. The van der Waals surface area contributed by atoms with E-state index in [1.807, 2.05) is 24.3 Å². The molecule has 1 atom stereocenters. The summed E-state index contributed by atoms with van der Waals surface area (Å²) in [6.07, 6.45) is 4.83. The molecule has 0 spiro atoms. The fraction of sp³-hybridized carbons (Fsp3) is 0.318. The van der Waals surface area contributed by atoms with Gasteiger partial charge in [0.25, 0.3) is 5.56 Å². The standard InChI is InChI=1S/C22H23N3O2/c26-21(24-18-12-5-8-15-7-1-2-9-16(15)18)14-6-13-20-23-19-11-4-3-10-17(19)22(27)25-20/h1-4,7,9-11,18H,5-6,8,12-14H2,(H,24,26)(H,23,25,27). The number of aromatic nitrogens is 2. The van der Waals surface area contributed by atoms with Crippen molar-refractivity contribution in [3.63, 3.8) is 0 Å². The Labute approximate surface area is 157 Å². The molecule has 5 heteroatoms. The number of aromatic amines is 1. The minimum atomic E-state index is -0.126. The zero-order valence-electron chi connectivity index (χ0n) is 15.2. The van der Waals surface area contributed by atoms with Gasteiger partial charge < -0.3 is 10.3 Å². The van der Waals surface area contributed by atoms with E-state index in [0.29, 0.717) is 36.0 Å². The van der Waals surface area contributed by atoms with Crippen LogP contribution in [0, 0.1) is 0 Å². The number of para-hydroxylation sites is 1. The van der Waals surface area contributed by atoms with E-state index in [-0.39, 0.29) is 17.5 Å². The first-order valence-corrected chi connectivity index (χ1v) is 9.56. The maximum absolute atomic E-state index is 12.4. The van der Waals surface area contributed by atoms with Crippen molar-refractivity contribution < 1.29 is 4.79 Å². The Balaban J connectivity index is 1.35. The zero-order valence-corrected chi connectivity index (χ0v) is 15.2. The normalized spacial score (nSPS) is 16.1. The molecule has 2 N–H and O–H groups in total. The predicted molar refractivity (Wildman–Crippen MR) is 106 cm³/mol. The number of H-pyrrole nitrogens is 1. The lowest BCUT2D eigenvalue weighted by molar-refractivity contribution is -0.122. The van der Waals surface area contributed by atoms with Crippen LogP contribution in [-0.2, 0) is 17.6 Å². The van der Waals surface area contributed by atoms with E-state index < -0.39 is 0 Å². The molecule has 1 heterocycles. The van der Waals surface area contributed by atoms with Crippen LogP contribution >= 0.6 is 0 Å². The maximum Gasteiger partial charge on any atom is 0.258 e. The van der Waals surface area contributed by atoms with E-state index in [4.69, 9.17) is 0 Å². The summed E-state index contributed by atoms with van der Waals surface area (Å²) >= 11 is 0. The Kier molecular flexibility index (Phi) is 5.01. The molecule has 1 aliphatic carbocycles. The number of nitrogens with one attached hydrogen (secondary N) is 2. The molecule has 138 valence electrons. The summed E-state index contributed by atoms with van der Waals surface area (Å²) in [5, 5.41) is 3.76. The Morgan fingerprint density at radius 1 is 1.15 bits per heavy atom. The average molecular weight is 361 g/mol. The van der Waals surface area contributed by atoms with Gasteiger partial charge in [0.05, 0.1) is 16.9 Å². The number of hydrogen-bond donors (Lipinski definition) is 2. The Morgan fingerprint density at radius 2 is 1.96 bits per heavy atom. The third-order valence-electron chi connectivity index (χ3n) is 5.18. The molecule has 1 amide bonds. The quantitative estimate of drug-likeness (QED) is 0.731. The number of carbonyl (C=O) groups excluding carboxylic acids is 1. The monoisotopic (exact) mass is 361 g/mol. The number of benzene rings is 2. The van der Waals surface area contributed by atoms with Gasteiger partial charge in [-0.05, 0) is 48.9 Å². The average Bonchev–Trinajstić information content (AvgIpc) is 2.68. The van der Waals surface area contributed by atoms with E-state index in [2.05, 4.69) is 33.5 Å². The van der Waals surface area contributed by atoms with Crippen LogP contribution in [-0.4, -0.2) is 15.9 Å². The van der Waals surface area contributed by atoms with E-state index in [9.17, 15) is 9.59 Å². The molecule has 0 saturated heterocycles. The van der Waals surface area contributed by atoms with Gasteiger partial charge in [-0.1, -0.05) is 36.4 Å². The highest BCUT2D eigenvalue weighted by molar-refractivity contribution is 5.77.